The number of aromatic nitrogens is 3. The van der Waals surface area contributed by atoms with Crippen LogP contribution in [0.25, 0.3) is 4.96 Å². The van der Waals surface area contributed by atoms with E-state index in [9.17, 15) is 9.50 Å². The van der Waals surface area contributed by atoms with E-state index in [1.54, 1.807) is 12.1 Å². The molecule has 0 unspecified atom stereocenters. The summed E-state index contributed by atoms with van der Waals surface area (Å²) in [5.74, 6) is 0.479. The van der Waals surface area contributed by atoms with Crippen LogP contribution in [0.2, 0.25) is 0 Å². The van der Waals surface area contributed by atoms with Crippen LogP contribution in [0.15, 0.2) is 24.3 Å². The van der Waals surface area contributed by atoms with E-state index in [1.807, 2.05) is 13.0 Å². The number of rotatable bonds is 4. The molecule has 6 nitrogen and oxygen atoms in total. The summed E-state index contributed by atoms with van der Waals surface area (Å²) < 4.78 is 21.5. The third kappa shape index (κ3) is 2.90. The Morgan fingerprint density at radius 1 is 1.36 bits per heavy atom. The molecule has 8 heteroatoms. The minimum atomic E-state index is -0.302. The molecule has 3 heterocycles. The summed E-state index contributed by atoms with van der Waals surface area (Å²) in [6.45, 7) is 4.74. The average molecular weight is 363 g/mol. The number of nitrogens with zero attached hydrogens (tertiary/aromatic N) is 3. The average Bonchev–Trinajstić information content (AvgIpc) is 3.18. The number of nitrogens with one attached hydrogen (secondary N) is 1. The van der Waals surface area contributed by atoms with Gasteiger partial charge in [-0.2, -0.15) is 4.52 Å². The molecule has 0 bridgehead atoms. The fourth-order valence-corrected chi connectivity index (χ4v) is 4.46. The van der Waals surface area contributed by atoms with E-state index in [4.69, 9.17) is 4.74 Å². The Kier molecular flexibility index (Phi) is 4.41. The first-order valence-electron chi connectivity index (χ1n) is 8.43. The smallest absolute Gasteiger partial charge is 0.235 e. The van der Waals surface area contributed by atoms with Crippen molar-refractivity contribution in [3.05, 3.63) is 46.3 Å². The van der Waals surface area contributed by atoms with Gasteiger partial charge in [-0.05, 0) is 12.1 Å². The molecule has 0 radical (unpaired) electrons. The Balaban J connectivity index is 1.84. The number of quaternary nitrogens is 1. The van der Waals surface area contributed by atoms with Gasteiger partial charge < -0.3 is 14.7 Å². The molecule has 1 atom stereocenters. The molecule has 3 aromatic rings. The van der Waals surface area contributed by atoms with E-state index in [-0.39, 0.29) is 17.7 Å². The molecule has 1 aromatic carbocycles. The SMILES string of the molecule is CCc1nc2sc([C@H](c3ccccc3F)[NH+]3CCOCC3)c(O)n2n1. The van der Waals surface area contributed by atoms with E-state index in [2.05, 4.69) is 10.1 Å². The standard InChI is InChI=1S/C17H19FN4O2S/c1-2-13-19-17-22(20-13)16(23)15(25-17)14(21-7-9-24-10-8-21)11-5-3-4-6-12(11)18/h3-6,14,23H,2,7-10H2,1H3/p+1/t14-/m0/s1. The van der Waals surface area contributed by atoms with Crippen molar-refractivity contribution in [3.63, 3.8) is 0 Å². The van der Waals surface area contributed by atoms with E-state index < -0.39 is 0 Å². The molecule has 1 saturated heterocycles. The number of halogens is 1. The molecule has 2 N–H and O–H groups in total. The van der Waals surface area contributed by atoms with Crippen molar-refractivity contribution in [1.29, 1.82) is 0 Å². The number of ether oxygens (including phenoxy) is 1. The Labute approximate surface area is 148 Å². The lowest BCUT2D eigenvalue weighted by atomic mass is 10.0. The molecule has 0 amide bonds. The molecule has 1 aliphatic rings. The monoisotopic (exact) mass is 363 g/mol. The maximum Gasteiger partial charge on any atom is 0.235 e. The van der Waals surface area contributed by atoms with Crippen molar-refractivity contribution in [1.82, 2.24) is 14.6 Å². The second-order valence-electron chi connectivity index (χ2n) is 6.09. The Hall–Kier alpha value is -2.03. The Morgan fingerprint density at radius 2 is 2.12 bits per heavy atom. The molecular formula is C17H20FN4O2S+. The first-order valence-corrected chi connectivity index (χ1v) is 9.24. The first-order chi connectivity index (χ1) is 12.2. The molecule has 1 aliphatic heterocycles. The zero-order valence-electron chi connectivity index (χ0n) is 13.9. The van der Waals surface area contributed by atoms with E-state index in [1.165, 1.54) is 26.8 Å². The van der Waals surface area contributed by atoms with Crippen LogP contribution >= 0.6 is 11.3 Å². The van der Waals surface area contributed by atoms with Gasteiger partial charge in [-0.1, -0.05) is 30.4 Å². The van der Waals surface area contributed by atoms with Crippen LogP contribution in [0.4, 0.5) is 4.39 Å². The number of hydrogen-bond donors (Lipinski definition) is 2. The molecular weight excluding hydrogens is 343 g/mol. The van der Waals surface area contributed by atoms with Gasteiger partial charge in [-0.15, -0.1) is 5.10 Å². The van der Waals surface area contributed by atoms with E-state index in [0.29, 0.717) is 40.9 Å². The third-order valence-electron chi connectivity index (χ3n) is 4.58. The summed E-state index contributed by atoms with van der Waals surface area (Å²) in [6, 6.07) is 6.46. The number of benzene rings is 1. The van der Waals surface area contributed by atoms with Crippen molar-refractivity contribution in [2.75, 3.05) is 26.3 Å². The van der Waals surface area contributed by atoms with Gasteiger partial charge in [0.1, 0.15) is 23.8 Å². The second kappa shape index (κ2) is 6.70. The van der Waals surface area contributed by atoms with Gasteiger partial charge >= 0.3 is 0 Å². The Morgan fingerprint density at radius 3 is 2.80 bits per heavy atom. The normalized spacial score (nSPS) is 17.2. The molecule has 132 valence electrons. The molecule has 0 saturated carbocycles. The summed E-state index contributed by atoms with van der Waals surface area (Å²) in [5, 5.41) is 15.1. The van der Waals surface area contributed by atoms with Gasteiger partial charge in [0.25, 0.3) is 0 Å². The maximum atomic E-state index is 14.6. The predicted octanol–water partition coefficient (Wildman–Crippen LogP) is 1.20. The second-order valence-corrected chi connectivity index (χ2v) is 7.10. The lowest BCUT2D eigenvalue weighted by molar-refractivity contribution is -0.932. The number of hydrogen-bond acceptors (Lipinski definition) is 5. The molecule has 0 aliphatic carbocycles. The summed E-state index contributed by atoms with van der Waals surface area (Å²) in [7, 11) is 0. The van der Waals surface area contributed by atoms with Crippen LogP contribution in [0.3, 0.4) is 0 Å². The number of aromatic hydroxyl groups is 1. The van der Waals surface area contributed by atoms with E-state index >= 15 is 0 Å². The summed E-state index contributed by atoms with van der Waals surface area (Å²) >= 11 is 1.38. The van der Waals surface area contributed by atoms with Gasteiger partial charge in [-0.3, -0.25) is 0 Å². The van der Waals surface area contributed by atoms with Crippen molar-refractivity contribution in [2.45, 2.75) is 19.4 Å². The molecule has 0 spiro atoms. The topological polar surface area (TPSA) is 64.1 Å². The van der Waals surface area contributed by atoms with Gasteiger partial charge in [-0.25, -0.2) is 9.37 Å². The van der Waals surface area contributed by atoms with Crippen LogP contribution in [0.5, 0.6) is 5.88 Å². The fourth-order valence-electron chi connectivity index (χ4n) is 3.31. The Bertz CT molecular complexity index is 888. The number of thiazole rings is 1. The number of morpholine rings is 1. The summed E-state index contributed by atoms with van der Waals surface area (Å²) in [4.78, 5) is 6.94. The van der Waals surface area contributed by atoms with Gasteiger partial charge in [0.05, 0.1) is 18.8 Å². The molecule has 4 rings (SSSR count). The molecule has 25 heavy (non-hydrogen) atoms. The van der Waals surface area contributed by atoms with Crippen molar-refractivity contribution in [3.8, 4) is 5.88 Å². The predicted molar refractivity (Wildman–Crippen MR) is 91.7 cm³/mol. The van der Waals surface area contributed by atoms with Crippen LogP contribution < -0.4 is 4.90 Å². The third-order valence-corrected chi connectivity index (χ3v) is 5.67. The molecule has 2 aromatic heterocycles. The van der Waals surface area contributed by atoms with Crippen LogP contribution in [-0.2, 0) is 11.2 Å². The van der Waals surface area contributed by atoms with Crippen molar-refractivity contribution >= 4 is 16.3 Å². The number of fused-ring (bicyclic) bond motifs is 1. The summed E-state index contributed by atoms with van der Waals surface area (Å²) in [6.07, 6.45) is 0.703. The highest BCUT2D eigenvalue weighted by molar-refractivity contribution is 7.17. The van der Waals surface area contributed by atoms with E-state index in [0.717, 1.165) is 13.1 Å². The first kappa shape index (κ1) is 16.4. The summed E-state index contributed by atoms with van der Waals surface area (Å²) in [5.41, 5.74) is 0.579. The van der Waals surface area contributed by atoms with Crippen molar-refractivity contribution in [2.24, 2.45) is 0 Å². The lowest BCUT2D eigenvalue weighted by Crippen LogP contribution is -3.14. The zero-order valence-corrected chi connectivity index (χ0v) is 14.7. The minimum Gasteiger partial charge on any atom is -0.492 e. The quantitative estimate of drug-likeness (QED) is 0.731. The van der Waals surface area contributed by atoms with Crippen molar-refractivity contribution < 1.29 is 19.1 Å². The maximum absolute atomic E-state index is 14.6. The lowest BCUT2D eigenvalue weighted by Gasteiger charge is -2.31. The van der Waals surface area contributed by atoms with Gasteiger partial charge in [0, 0.05) is 6.42 Å². The minimum absolute atomic E-state index is 0.0550. The largest absolute Gasteiger partial charge is 0.492 e. The zero-order chi connectivity index (χ0) is 17.4. The van der Waals surface area contributed by atoms with Crippen LogP contribution in [0.1, 0.15) is 29.2 Å². The highest BCUT2D eigenvalue weighted by Crippen LogP contribution is 2.35. The molecule has 1 fully saturated rings. The van der Waals surface area contributed by atoms with Crippen LogP contribution in [-0.4, -0.2) is 46.0 Å². The van der Waals surface area contributed by atoms with Crippen LogP contribution in [0, 0.1) is 5.82 Å². The fraction of sp³-hybridized carbons (Fsp3) is 0.412. The highest BCUT2D eigenvalue weighted by atomic mass is 32.1. The highest BCUT2D eigenvalue weighted by Gasteiger charge is 2.35. The van der Waals surface area contributed by atoms with Gasteiger partial charge in [0.15, 0.2) is 11.9 Å². The van der Waals surface area contributed by atoms with Gasteiger partial charge in [0.2, 0.25) is 10.8 Å². The number of aryl methyl sites for hydroxylation is 1.